The number of nitrogens with one attached hydrogen (secondary N) is 1. The predicted octanol–water partition coefficient (Wildman–Crippen LogP) is 0.976. The molecule has 5 nitrogen and oxygen atoms in total. The second-order valence-corrected chi connectivity index (χ2v) is 4.78. The van der Waals surface area contributed by atoms with Crippen molar-refractivity contribution in [2.24, 2.45) is 0 Å². The van der Waals surface area contributed by atoms with Crippen LogP contribution in [0, 0.1) is 13.8 Å². The minimum atomic E-state index is 0.0458. The van der Waals surface area contributed by atoms with Crippen LogP contribution in [-0.4, -0.2) is 40.9 Å². The van der Waals surface area contributed by atoms with Crippen LogP contribution < -0.4 is 5.32 Å². The van der Waals surface area contributed by atoms with Gasteiger partial charge in [-0.15, -0.1) is 0 Å². The SMILES string of the molecule is CNCC(=O)N1CCCC1c1nc(C)cc(C)n1. The molecular formula is C13H20N4O. The number of aromatic nitrogens is 2. The van der Waals surface area contributed by atoms with Crippen LogP contribution in [0.4, 0.5) is 0 Å². The molecule has 1 aliphatic rings. The smallest absolute Gasteiger partial charge is 0.237 e. The summed E-state index contributed by atoms with van der Waals surface area (Å²) in [5.41, 5.74) is 1.93. The van der Waals surface area contributed by atoms with Gasteiger partial charge in [0.05, 0.1) is 12.6 Å². The van der Waals surface area contributed by atoms with Crippen molar-refractivity contribution in [2.45, 2.75) is 32.7 Å². The molecule has 0 saturated carbocycles. The van der Waals surface area contributed by atoms with Gasteiger partial charge in [-0.3, -0.25) is 4.79 Å². The Hall–Kier alpha value is -1.49. The highest BCUT2D eigenvalue weighted by molar-refractivity contribution is 5.78. The van der Waals surface area contributed by atoms with E-state index < -0.39 is 0 Å². The molecule has 1 atom stereocenters. The van der Waals surface area contributed by atoms with Gasteiger partial charge >= 0.3 is 0 Å². The molecule has 1 aromatic heterocycles. The standard InChI is InChI=1S/C13H20N4O/c1-9-7-10(2)16-13(15-9)11-5-4-6-17(11)12(18)8-14-3/h7,11,14H,4-6,8H2,1-3H3. The lowest BCUT2D eigenvalue weighted by molar-refractivity contribution is -0.131. The fraction of sp³-hybridized carbons (Fsp3) is 0.615. The first-order valence-corrected chi connectivity index (χ1v) is 6.38. The zero-order valence-electron chi connectivity index (χ0n) is 11.2. The summed E-state index contributed by atoms with van der Waals surface area (Å²) in [5.74, 6) is 0.914. The van der Waals surface area contributed by atoms with Crippen molar-refractivity contribution in [1.82, 2.24) is 20.2 Å². The molecule has 1 saturated heterocycles. The van der Waals surface area contributed by atoms with Crippen molar-refractivity contribution in [3.05, 3.63) is 23.3 Å². The van der Waals surface area contributed by atoms with Gasteiger partial charge in [-0.25, -0.2) is 9.97 Å². The second-order valence-electron chi connectivity index (χ2n) is 4.78. The van der Waals surface area contributed by atoms with E-state index in [1.54, 1.807) is 7.05 Å². The number of hydrogen-bond donors (Lipinski definition) is 1. The Morgan fingerprint density at radius 1 is 1.44 bits per heavy atom. The number of nitrogens with zero attached hydrogens (tertiary/aromatic N) is 3. The molecular weight excluding hydrogens is 228 g/mol. The van der Waals surface area contributed by atoms with Gasteiger partial charge in [0.2, 0.25) is 5.91 Å². The van der Waals surface area contributed by atoms with Crippen molar-refractivity contribution in [1.29, 1.82) is 0 Å². The molecule has 5 heteroatoms. The molecule has 0 radical (unpaired) electrons. The van der Waals surface area contributed by atoms with E-state index in [0.29, 0.717) is 6.54 Å². The molecule has 2 rings (SSSR count). The molecule has 1 fully saturated rings. The Labute approximate surface area is 108 Å². The van der Waals surface area contributed by atoms with Crippen molar-refractivity contribution in [3.63, 3.8) is 0 Å². The Bertz CT molecular complexity index is 426. The summed E-state index contributed by atoms with van der Waals surface area (Å²) in [6, 6.07) is 2.00. The maximum absolute atomic E-state index is 12.0. The van der Waals surface area contributed by atoms with Crippen LogP contribution >= 0.6 is 0 Å². The molecule has 18 heavy (non-hydrogen) atoms. The minimum absolute atomic E-state index is 0.0458. The highest BCUT2D eigenvalue weighted by atomic mass is 16.2. The lowest BCUT2D eigenvalue weighted by Crippen LogP contribution is -2.37. The van der Waals surface area contributed by atoms with Gasteiger partial charge in [0.1, 0.15) is 0 Å². The molecule has 0 aliphatic carbocycles. The number of carbonyl (C=O) groups excluding carboxylic acids is 1. The zero-order chi connectivity index (χ0) is 13.1. The average Bonchev–Trinajstić information content (AvgIpc) is 2.76. The topological polar surface area (TPSA) is 58.1 Å². The van der Waals surface area contributed by atoms with Crippen molar-refractivity contribution in [3.8, 4) is 0 Å². The van der Waals surface area contributed by atoms with Crippen LogP contribution in [0.2, 0.25) is 0 Å². The number of rotatable bonds is 3. The largest absolute Gasteiger partial charge is 0.331 e. The van der Waals surface area contributed by atoms with E-state index >= 15 is 0 Å². The van der Waals surface area contributed by atoms with E-state index in [1.807, 2.05) is 24.8 Å². The fourth-order valence-corrected chi connectivity index (χ4v) is 2.49. The van der Waals surface area contributed by atoms with Crippen LogP contribution in [0.25, 0.3) is 0 Å². The first-order chi connectivity index (χ1) is 8.61. The Morgan fingerprint density at radius 2 is 2.11 bits per heavy atom. The molecule has 1 N–H and O–H groups in total. The second kappa shape index (κ2) is 5.44. The maximum atomic E-state index is 12.0. The molecule has 1 aliphatic heterocycles. The van der Waals surface area contributed by atoms with Crippen LogP contribution in [0.5, 0.6) is 0 Å². The van der Waals surface area contributed by atoms with Crippen LogP contribution in [-0.2, 0) is 4.79 Å². The third-order valence-corrected chi connectivity index (χ3v) is 3.20. The van der Waals surface area contributed by atoms with Gasteiger partial charge in [0.25, 0.3) is 0 Å². The highest BCUT2D eigenvalue weighted by Gasteiger charge is 2.31. The first-order valence-electron chi connectivity index (χ1n) is 6.38. The van der Waals surface area contributed by atoms with Crippen molar-refractivity contribution >= 4 is 5.91 Å². The van der Waals surface area contributed by atoms with Gasteiger partial charge in [0.15, 0.2) is 5.82 Å². The summed E-state index contributed by atoms with van der Waals surface area (Å²) in [6.45, 7) is 5.11. The number of amides is 1. The van der Waals surface area contributed by atoms with Crippen molar-refractivity contribution in [2.75, 3.05) is 20.1 Å². The lowest BCUT2D eigenvalue weighted by Gasteiger charge is -2.24. The van der Waals surface area contributed by atoms with E-state index in [-0.39, 0.29) is 11.9 Å². The first kappa shape index (κ1) is 13.0. The van der Waals surface area contributed by atoms with Crippen LogP contribution in [0.1, 0.15) is 36.1 Å². The fourth-order valence-electron chi connectivity index (χ4n) is 2.49. The summed E-state index contributed by atoms with van der Waals surface area (Å²) in [7, 11) is 1.79. The molecule has 2 heterocycles. The van der Waals surface area contributed by atoms with Crippen molar-refractivity contribution < 1.29 is 4.79 Å². The normalized spacial score (nSPS) is 19.3. The van der Waals surface area contributed by atoms with E-state index in [2.05, 4.69) is 15.3 Å². The number of aryl methyl sites for hydroxylation is 2. The van der Waals surface area contributed by atoms with Crippen LogP contribution in [0.3, 0.4) is 0 Å². The van der Waals surface area contributed by atoms with Gasteiger partial charge in [0, 0.05) is 17.9 Å². The summed E-state index contributed by atoms with van der Waals surface area (Å²) >= 11 is 0. The highest BCUT2D eigenvalue weighted by Crippen LogP contribution is 2.29. The monoisotopic (exact) mass is 248 g/mol. The Balaban J connectivity index is 2.23. The minimum Gasteiger partial charge on any atom is -0.331 e. The molecule has 98 valence electrons. The third-order valence-electron chi connectivity index (χ3n) is 3.20. The van der Waals surface area contributed by atoms with E-state index in [9.17, 15) is 4.79 Å². The summed E-state index contributed by atoms with van der Waals surface area (Å²) < 4.78 is 0. The Kier molecular flexibility index (Phi) is 3.91. The number of likely N-dealkylation sites (tertiary alicyclic amines) is 1. The number of hydrogen-bond acceptors (Lipinski definition) is 4. The maximum Gasteiger partial charge on any atom is 0.237 e. The van der Waals surface area contributed by atoms with E-state index in [4.69, 9.17) is 0 Å². The summed E-state index contributed by atoms with van der Waals surface area (Å²) in [5, 5.41) is 2.91. The van der Waals surface area contributed by atoms with Gasteiger partial charge in [-0.2, -0.15) is 0 Å². The Morgan fingerprint density at radius 3 is 2.72 bits per heavy atom. The van der Waals surface area contributed by atoms with Gasteiger partial charge < -0.3 is 10.2 Å². The van der Waals surface area contributed by atoms with Crippen LogP contribution in [0.15, 0.2) is 6.07 Å². The van der Waals surface area contributed by atoms with E-state index in [1.165, 1.54) is 0 Å². The third kappa shape index (κ3) is 2.67. The molecule has 0 spiro atoms. The zero-order valence-corrected chi connectivity index (χ0v) is 11.2. The predicted molar refractivity (Wildman–Crippen MR) is 69.1 cm³/mol. The average molecular weight is 248 g/mol. The molecule has 0 bridgehead atoms. The molecule has 1 amide bonds. The number of carbonyl (C=O) groups is 1. The lowest BCUT2D eigenvalue weighted by atomic mass is 10.2. The summed E-state index contributed by atoms with van der Waals surface area (Å²) in [4.78, 5) is 22.9. The molecule has 1 aromatic rings. The van der Waals surface area contributed by atoms with Gasteiger partial charge in [-0.1, -0.05) is 0 Å². The van der Waals surface area contributed by atoms with Gasteiger partial charge in [-0.05, 0) is 39.8 Å². The van der Waals surface area contributed by atoms with E-state index in [0.717, 1.165) is 36.6 Å². The quantitative estimate of drug-likeness (QED) is 0.866. The summed E-state index contributed by atoms with van der Waals surface area (Å²) in [6.07, 6.45) is 1.98. The molecule has 1 unspecified atom stereocenters. The number of likely N-dealkylation sites (N-methyl/N-ethyl adjacent to an activating group) is 1. The molecule has 0 aromatic carbocycles.